The average Bonchev–Trinajstić information content (AvgIpc) is 2.36. The highest BCUT2D eigenvalue weighted by atomic mass is 16.5. The first-order valence-electron chi connectivity index (χ1n) is 8.51. The summed E-state index contributed by atoms with van der Waals surface area (Å²) in [7, 11) is 1.63. The fourth-order valence-corrected chi connectivity index (χ4v) is 5.68. The van der Waals surface area contributed by atoms with Crippen molar-refractivity contribution in [3.63, 3.8) is 0 Å². The predicted octanol–water partition coefficient (Wildman–Crippen LogP) is 2.11. The Kier molecular flexibility index (Phi) is 4.55. The Morgan fingerprint density at radius 1 is 1.24 bits per heavy atom. The quantitative estimate of drug-likeness (QED) is 0.756. The molecular weight excluding hydrogens is 266 g/mol. The molecule has 0 saturated heterocycles. The van der Waals surface area contributed by atoms with Gasteiger partial charge in [0.2, 0.25) is 5.91 Å². The number of aliphatic hydroxyl groups is 1. The lowest BCUT2D eigenvalue weighted by Crippen LogP contribution is -2.49. The zero-order valence-electron chi connectivity index (χ0n) is 13.1. The van der Waals surface area contributed by atoms with E-state index in [4.69, 9.17) is 9.84 Å². The Balaban J connectivity index is 1.57. The van der Waals surface area contributed by atoms with Gasteiger partial charge in [-0.2, -0.15) is 0 Å². The van der Waals surface area contributed by atoms with E-state index in [-0.39, 0.29) is 24.0 Å². The van der Waals surface area contributed by atoms with Crippen LogP contribution in [0.3, 0.4) is 0 Å². The van der Waals surface area contributed by atoms with Crippen molar-refractivity contribution in [1.29, 1.82) is 0 Å². The van der Waals surface area contributed by atoms with Gasteiger partial charge in [-0.3, -0.25) is 4.79 Å². The van der Waals surface area contributed by atoms with E-state index < -0.39 is 0 Å². The van der Waals surface area contributed by atoms with Crippen molar-refractivity contribution in [3.05, 3.63) is 0 Å². The molecule has 4 nitrogen and oxygen atoms in total. The van der Waals surface area contributed by atoms with Crippen molar-refractivity contribution in [3.8, 4) is 0 Å². The number of carbonyl (C=O) groups excluding carboxylic acids is 1. The molecule has 0 heterocycles. The Labute approximate surface area is 127 Å². The summed E-state index contributed by atoms with van der Waals surface area (Å²) in [5.74, 6) is 2.82. The minimum absolute atomic E-state index is 0.0542. The molecule has 4 saturated carbocycles. The van der Waals surface area contributed by atoms with E-state index in [1.165, 1.54) is 38.5 Å². The number of aliphatic hydroxyl groups excluding tert-OH is 1. The highest BCUT2D eigenvalue weighted by Gasteiger charge is 2.51. The third kappa shape index (κ3) is 3.42. The number of carbonyl (C=O) groups is 1. The molecule has 21 heavy (non-hydrogen) atoms. The van der Waals surface area contributed by atoms with Gasteiger partial charge in [-0.15, -0.1) is 0 Å². The lowest BCUT2D eigenvalue weighted by Gasteiger charge is -2.56. The van der Waals surface area contributed by atoms with Gasteiger partial charge in [-0.1, -0.05) is 0 Å². The summed E-state index contributed by atoms with van der Waals surface area (Å²) in [5, 5.41) is 12.1. The van der Waals surface area contributed by atoms with Gasteiger partial charge in [0.05, 0.1) is 12.6 Å². The molecule has 0 aromatic carbocycles. The van der Waals surface area contributed by atoms with Gasteiger partial charge in [0, 0.05) is 20.1 Å². The van der Waals surface area contributed by atoms with Crippen molar-refractivity contribution in [2.75, 3.05) is 20.3 Å². The Hall–Kier alpha value is -0.610. The van der Waals surface area contributed by atoms with Crippen LogP contribution in [0.2, 0.25) is 0 Å². The van der Waals surface area contributed by atoms with E-state index in [0.717, 1.165) is 17.8 Å². The van der Waals surface area contributed by atoms with Crippen LogP contribution < -0.4 is 5.32 Å². The van der Waals surface area contributed by atoms with Gasteiger partial charge >= 0.3 is 0 Å². The van der Waals surface area contributed by atoms with Crippen LogP contribution in [0.4, 0.5) is 0 Å². The highest BCUT2D eigenvalue weighted by Crippen LogP contribution is 2.61. The Morgan fingerprint density at radius 2 is 1.81 bits per heavy atom. The van der Waals surface area contributed by atoms with Crippen LogP contribution in [0, 0.1) is 23.2 Å². The third-order valence-electron chi connectivity index (χ3n) is 5.91. The second-order valence-electron chi connectivity index (χ2n) is 7.83. The molecule has 1 amide bonds. The van der Waals surface area contributed by atoms with Crippen molar-refractivity contribution < 1.29 is 14.6 Å². The Bertz CT molecular complexity index is 341. The zero-order valence-corrected chi connectivity index (χ0v) is 13.1. The SMILES string of the molecule is COCC(CCO)NC(=O)CC12CC3CC(CC(C3)C1)C2. The number of methoxy groups -OCH3 is 1. The maximum Gasteiger partial charge on any atom is 0.220 e. The molecule has 120 valence electrons. The summed E-state index contributed by atoms with van der Waals surface area (Å²) >= 11 is 0. The first-order chi connectivity index (χ1) is 10.1. The van der Waals surface area contributed by atoms with Crippen LogP contribution in [0.5, 0.6) is 0 Å². The molecule has 1 atom stereocenters. The molecule has 4 heteroatoms. The van der Waals surface area contributed by atoms with E-state index in [1.54, 1.807) is 7.11 Å². The number of hydrogen-bond acceptors (Lipinski definition) is 3. The third-order valence-corrected chi connectivity index (χ3v) is 5.91. The molecule has 0 aromatic heterocycles. The van der Waals surface area contributed by atoms with Crippen LogP contribution in [0.25, 0.3) is 0 Å². The summed E-state index contributed by atoms with van der Waals surface area (Å²) in [6.45, 7) is 0.568. The van der Waals surface area contributed by atoms with E-state index in [2.05, 4.69) is 5.32 Å². The molecular formula is C17H29NO3. The van der Waals surface area contributed by atoms with Crippen LogP contribution >= 0.6 is 0 Å². The summed E-state index contributed by atoms with van der Waals surface area (Å²) in [4.78, 5) is 12.4. The van der Waals surface area contributed by atoms with E-state index >= 15 is 0 Å². The molecule has 0 aliphatic heterocycles. The molecule has 1 unspecified atom stereocenters. The highest BCUT2D eigenvalue weighted by molar-refractivity contribution is 5.77. The molecule has 4 aliphatic carbocycles. The van der Waals surface area contributed by atoms with Crippen LogP contribution in [-0.2, 0) is 9.53 Å². The van der Waals surface area contributed by atoms with E-state index in [0.29, 0.717) is 19.4 Å². The average molecular weight is 295 g/mol. The maximum atomic E-state index is 12.4. The van der Waals surface area contributed by atoms with Gasteiger partial charge in [0.1, 0.15) is 0 Å². The van der Waals surface area contributed by atoms with Crippen LogP contribution in [0.15, 0.2) is 0 Å². The van der Waals surface area contributed by atoms with Gasteiger partial charge in [-0.05, 0) is 68.1 Å². The molecule has 2 N–H and O–H groups in total. The molecule has 0 radical (unpaired) electrons. The molecule has 4 aliphatic rings. The molecule has 4 fully saturated rings. The summed E-state index contributed by atoms with van der Waals surface area (Å²) in [5.41, 5.74) is 0.287. The minimum Gasteiger partial charge on any atom is -0.396 e. The maximum absolute atomic E-state index is 12.4. The normalized spacial score (nSPS) is 38.5. The van der Waals surface area contributed by atoms with Crippen molar-refractivity contribution in [2.45, 2.75) is 57.4 Å². The van der Waals surface area contributed by atoms with Crippen molar-refractivity contribution in [1.82, 2.24) is 5.32 Å². The topological polar surface area (TPSA) is 58.6 Å². The number of hydrogen-bond donors (Lipinski definition) is 2. The van der Waals surface area contributed by atoms with Crippen LogP contribution in [0.1, 0.15) is 51.4 Å². The number of nitrogens with one attached hydrogen (secondary N) is 1. The molecule has 0 spiro atoms. The van der Waals surface area contributed by atoms with E-state index in [9.17, 15) is 4.79 Å². The van der Waals surface area contributed by atoms with Crippen LogP contribution in [-0.4, -0.2) is 37.4 Å². The smallest absolute Gasteiger partial charge is 0.220 e. The number of rotatable bonds is 7. The largest absolute Gasteiger partial charge is 0.396 e. The van der Waals surface area contributed by atoms with Gasteiger partial charge in [-0.25, -0.2) is 0 Å². The summed E-state index contributed by atoms with van der Waals surface area (Å²) in [6.07, 6.45) is 9.29. The van der Waals surface area contributed by atoms with Gasteiger partial charge in [0.25, 0.3) is 0 Å². The monoisotopic (exact) mass is 295 g/mol. The Morgan fingerprint density at radius 3 is 2.29 bits per heavy atom. The second-order valence-corrected chi connectivity index (χ2v) is 7.83. The summed E-state index contributed by atoms with van der Waals surface area (Å²) in [6, 6.07) is -0.0542. The lowest BCUT2D eigenvalue weighted by atomic mass is 9.49. The van der Waals surface area contributed by atoms with E-state index in [1.807, 2.05) is 0 Å². The number of amides is 1. The lowest BCUT2D eigenvalue weighted by molar-refractivity contribution is -0.130. The standard InChI is InChI=1S/C17H29NO3/c1-21-11-15(2-3-19)18-16(20)10-17-7-12-4-13(8-17)6-14(5-12)9-17/h12-15,19H,2-11H2,1H3,(H,18,20). The zero-order chi connectivity index (χ0) is 14.9. The molecule has 4 rings (SSSR count). The second kappa shape index (κ2) is 6.25. The first-order valence-corrected chi connectivity index (χ1v) is 8.51. The predicted molar refractivity (Wildman–Crippen MR) is 80.7 cm³/mol. The number of ether oxygens (including phenoxy) is 1. The van der Waals surface area contributed by atoms with Gasteiger partial charge in [0.15, 0.2) is 0 Å². The van der Waals surface area contributed by atoms with Crippen molar-refractivity contribution >= 4 is 5.91 Å². The minimum atomic E-state index is -0.0542. The molecule has 4 bridgehead atoms. The fraction of sp³-hybridized carbons (Fsp3) is 0.941. The fourth-order valence-electron chi connectivity index (χ4n) is 5.68. The van der Waals surface area contributed by atoms with Gasteiger partial charge < -0.3 is 15.2 Å². The van der Waals surface area contributed by atoms with Crippen molar-refractivity contribution in [2.24, 2.45) is 23.2 Å². The molecule has 0 aromatic rings. The summed E-state index contributed by atoms with van der Waals surface area (Å²) < 4.78 is 5.13. The first kappa shape index (κ1) is 15.3.